The van der Waals surface area contributed by atoms with Gasteiger partial charge in [-0.1, -0.05) is 72.8 Å². The van der Waals surface area contributed by atoms with Crippen molar-refractivity contribution in [3.8, 4) is 0 Å². The van der Waals surface area contributed by atoms with Gasteiger partial charge in [-0.2, -0.15) is 36.5 Å². The Labute approximate surface area is 440 Å². The van der Waals surface area contributed by atoms with Crippen LogP contribution in [0.25, 0.3) is 21.8 Å². The molecule has 0 aliphatic heterocycles. The molecule has 13 nitrogen and oxygen atoms in total. The Kier molecular flexibility index (Phi) is 18.5. The molecule has 77 heavy (non-hydrogen) atoms. The van der Waals surface area contributed by atoms with Crippen molar-refractivity contribution >= 4 is 45.6 Å². The highest BCUT2D eigenvalue weighted by atomic mass is 19.4. The summed E-state index contributed by atoms with van der Waals surface area (Å²) in [6.07, 6.45) is -8.13. The molecule has 0 saturated carbocycles. The first-order valence-corrected chi connectivity index (χ1v) is 24.3. The average Bonchev–Trinajstić information content (AvgIpc) is 4.05. The number of amides is 1. The van der Waals surface area contributed by atoms with E-state index in [-0.39, 0.29) is 41.7 Å². The van der Waals surface area contributed by atoms with E-state index in [9.17, 15) is 50.6 Å². The molecule has 2 aromatic heterocycles. The minimum absolute atomic E-state index is 0.00769. The number of ether oxygens (including phenoxy) is 2. The molecule has 0 spiro atoms. The Morgan fingerprint density at radius 3 is 1.29 bits per heavy atom. The predicted molar refractivity (Wildman–Crippen MR) is 280 cm³/mol. The van der Waals surface area contributed by atoms with Crippen LogP contribution in [0.15, 0.2) is 133 Å². The van der Waals surface area contributed by atoms with E-state index in [2.05, 4.69) is 20.3 Å². The third kappa shape index (κ3) is 14.1. The fourth-order valence-corrected chi connectivity index (χ4v) is 8.39. The number of fused-ring (bicyclic) bond motifs is 2. The van der Waals surface area contributed by atoms with Crippen molar-refractivity contribution in [2.75, 3.05) is 14.2 Å². The molecule has 8 aromatic rings. The maximum absolute atomic E-state index is 13.6. The molecule has 0 saturated heterocycles. The van der Waals surface area contributed by atoms with E-state index in [4.69, 9.17) is 10.5 Å². The molecular weight excluding hydrogens is 1010 g/mol. The lowest BCUT2D eigenvalue weighted by Gasteiger charge is -2.17. The number of hydrogen-bond acceptors (Lipinski definition) is 9. The Morgan fingerprint density at radius 2 is 0.935 bits per heavy atom. The number of alkyl halides is 6. The smallest absolute Gasteiger partial charge is 0.416 e. The molecule has 6 aromatic carbocycles. The van der Waals surface area contributed by atoms with Gasteiger partial charge in [0, 0.05) is 28.9 Å². The van der Waals surface area contributed by atoms with Crippen molar-refractivity contribution in [3.63, 3.8) is 0 Å². The number of esters is 2. The highest BCUT2D eigenvalue weighted by molar-refractivity contribution is 6.07. The van der Waals surface area contributed by atoms with Gasteiger partial charge < -0.3 is 25.6 Å². The van der Waals surface area contributed by atoms with Gasteiger partial charge in [0.05, 0.1) is 53.5 Å². The zero-order chi connectivity index (χ0) is 56.5. The number of aromatic nitrogens is 4. The molecule has 0 aliphatic carbocycles. The SMILES string of the molecule is CC(C)n1nc2cccc(Cc3ccc(C(F)(F)F)cc3)c2c1C(=O)O.COC(=O)c1ccc([C@H](C)N)cc1.COC(=O)c1ccc([C@H](C)NC(=O)c2c3c(Cc4ccc(C(F)(F)F)cc4)cccc3nn2C(C)C)cc1. The molecule has 4 N–H and O–H groups in total. The number of nitrogens with zero attached hydrogens (tertiary/aromatic N) is 4. The van der Waals surface area contributed by atoms with Crippen molar-refractivity contribution in [2.45, 2.75) is 90.9 Å². The summed E-state index contributed by atoms with van der Waals surface area (Å²) in [5.74, 6) is -2.18. The molecule has 2 heterocycles. The monoisotopic (exact) mass is 1060 g/mol. The molecule has 0 radical (unpaired) electrons. The van der Waals surface area contributed by atoms with Crippen LogP contribution >= 0.6 is 0 Å². The third-order valence-corrected chi connectivity index (χ3v) is 12.4. The number of nitrogens with one attached hydrogen (secondary N) is 1. The maximum atomic E-state index is 13.6. The van der Waals surface area contributed by atoms with E-state index < -0.39 is 35.4 Å². The quantitative estimate of drug-likeness (QED) is 0.0743. The lowest BCUT2D eigenvalue weighted by molar-refractivity contribution is -0.138. The van der Waals surface area contributed by atoms with Crippen molar-refractivity contribution in [1.82, 2.24) is 24.9 Å². The molecule has 2 atom stereocenters. The molecule has 8 rings (SSSR count). The topological polar surface area (TPSA) is 181 Å². The van der Waals surface area contributed by atoms with Crippen LogP contribution < -0.4 is 11.1 Å². The van der Waals surface area contributed by atoms with E-state index >= 15 is 0 Å². The molecular formula is C58H58F6N6O7. The highest BCUT2D eigenvalue weighted by Gasteiger charge is 2.31. The summed E-state index contributed by atoms with van der Waals surface area (Å²) in [4.78, 5) is 48.2. The Bertz CT molecular complexity index is 3350. The third-order valence-electron chi connectivity index (χ3n) is 12.4. The Hall–Kier alpha value is -8.32. The summed E-state index contributed by atoms with van der Waals surface area (Å²) < 4.78 is 89.5. The molecule has 404 valence electrons. The standard InChI is InChI=1S/C29H28F3N3O3.C19H17F3N2O2.C10H13NO2/c1-17(2)35-26(27(36)33-18(3)20-10-12-21(13-11-20)28(37)38-4)25-22(6-5-7-24(25)34-35)16-19-8-14-23(15-9-19)29(30,31)32;1-11(2)24-17(18(25)26)16-13(4-3-5-15(16)23-24)10-12-6-8-14(9-7-12)19(20,21)22;1-7(11)8-3-5-9(6-4-8)10(12)13-2/h5-15,17-18H,16H2,1-4H3,(H,33,36);3-9,11H,10H2,1-2H3,(H,25,26);3-7H,11H2,1-2H3/t18-;;7-/m0.0/s1. The van der Waals surface area contributed by atoms with Gasteiger partial charge >= 0.3 is 30.3 Å². The number of methoxy groups -OCH3 is 2. The van der Waals surface area contributed by atoms with Gasteiger partial charge in [-0.25, -0.2) is 14.4 Å². The molecule has 1 amide bonds. The zero-order valence-corrected chi connectivity index (χ0v) is 43.5. The first-order valence-electron chi connectivity index (χ1n) is 24.3. The van der Waals surface area contributed by atoms with Crippen molar-refractivity contribution < 1.29 is 60.1 Å². The number of hydrogen-bond donors (Lipinski definition) is 3. The van der Waals surface area contributed by atoms with Crippen LogP contribution in [0.2, 0.25) is 0 Å². The van der Waals surface area contributed by atoms with E-state index in [1.807, 2.05) is 71.9 Å². The van der Waals surface area contributed by atoms with E-state index in [0.29, 0.717) is 68.2 Å². The van der Waals surface area contributed by atoms with Gasteiger partial charge in [0.25, 0.3) is 5.91 Å². The summed E-state index contributed by atoms with van der Waals surface area (Å²) in [5, 5.41) is 22.9. The van der Waals surface area contributed by atoms with Crippen molar-refractivity contribution in [2.24, 2.45) is 5.73 Å². The van der Waals surface area contributed by atoms with Gasteiger partial charge in [0.2, 0.25) is 0 Å². The lowest BCUT2D eigenvalue weighted by Crippen LogP contribution is -2.29. The van der Waals surface area contributed by atoms with Gasteiger partial charge in [-0.05, 0) is 148 Å². The lowest BCUT2D eigenvalue weighted by atomic mass is 9.98. The fourth-order valence-electron chi connectivity index (χ4n) is 8.39. The number of carboxylic acids is 1. The van der Waals surface area contributed by atoms with Crippen LogP contribution in [-0.4, -0.2) is 62.7 Å². The molecule has 0 bridgehead atoms. The van der Waals surface area contributed by atoms with Crippen LogP contribution in [0.3, 0.4) is 0 Å². The number of benzene rings is 6. The summed E-state index contributed by atoms with van der Waals surface area (Å²) >= 11 is 0. The Morgan fingerprint density at radius 1 is 0.558 bits per heavy atom. The van der Waals surface area contributed by atoms with Crippen molar-refractivity contribution in [3.05, 3.63) is 200 Å². The predicted octanol–water partition coefficient (Wildman–Crippen LogP) is 12.9. The first kappa shape index (κ1) is 57.9. The average molecular weight is 1070 g/mol. The molecule has 0 aliphatic rings. The van der Waals surface area contributed by atoms with Crippen molar-refractivity contribution in [1.29, 1.82) is 0 Å². The van der Waals surface area contributed by atoms with Gasteiger partial charge in [-0.15, -0.1) is 0 Å². The first-order chi connectivity index (χ1) is 36.3. The van der Waals surface area contributed by atoms with Crippen LogP contribution in [0.1, 0.15) is 152 Å². The number of carboxylic acid groups (broad SMARTS) is 1. The number of nitrogens with two attached hydrogens (primary N) is 1. The van der Waals surface area contributed by atoms with E-state index in [1.165, 1.54) is 43.2 Å². The second-order valence-corrected chi connectivity index (χ2v) is 18.7. The zero-order valence-electron chi connectivity index (χ0n) is 43.5. The van der Waals surface area contributed by atoms with Gasteiger partial charge in [0.1, 0.15) is 5.69 Å². The van der Waals surface area contributed by atoms with Crippen LogP contribution in [0.4, 0.5) is 26.3 Å². The molecule has 19 heteroatoms. The number of aromatic carboxylic acids is 1. The van der Waals surface area contributed by atoms with Gasteiger partial charge in [-0.3, -0.25) is 14.2 Å². The summed E-state index contributed by atoms with van der Waals surface area (Å²) in [7, 11) is 2.68. The maximum Gasteiger partial charge on any atom is 0.416 e. The van der Waals surface area contributed by atoms with E-state index in [1.54, 1.807) is 59.3 Å². The number of carbonyl (C=O) groups is 4. The highest BCUT2D eigenvalue weighted by Crippen LogP contribution is 2.33. The normalized spacial score (nSPS) is 12.3. The molecule has 0 fully saturated rings. The van der Waals surface area contributed by atoms with E-state index in [0.717, 1.165) is 41.0 Å². The summed E-state index contributed by atoms with van der Waals surface area (Å²) in [6.45, 7) is 11.3. The van der Waals surface area contributed by atoms with Gasteiger partial charge in [0.15, 0.2) is 5.69 Å². The number of halogens is 6. The second kappa shape index (κ2) is 24.6. The fraction of sp³-hybridized carbons (Fsp3) is 0.276. The second-order valence-electron chi connectivity index (χ2n) is 18.7. The Balaban J connectivity index is 0.000000211. The largest absolute Gasteiger partial charge is 0.477 e. The number of rotatable bonds is 13. The van der Waals surface area contributed by atoms with Crippen LogP contribution in [0, 0.1) is 0 Å². The van der Waals surface area contributed by atoms with Crippen LogP contribution in [0.5, 0.6) is 0 Å². The summed E-state index contributed by atoms with van der Waals surface area (Å²) in [6, 6.07) is 33.9. The minimum Gasteiger partial charge on any atom is -0.477 e. The summed E-state index contributed by atoms with van der Waals surface area (Å²) in [5.41, 5.74) is 11.5. The van der Waals surface area contributed by atoms with Crippen LogP contribution in [-0.2, 0) is 34.7 Å². The molecule has 0 unspecified atom stereocenters. The number of carbonyl (C=O) groups excluding carboxylic acids is 3. The minimum atomic E-state index is -4.40.